The van der Waals surface area contributed by atoms with E-state index in [0.29, 0.717) is 5.54 Å². The van der Waals surface area contributed by atoms with Crippen LogP contribution in [0.5, 0.6) is 0 Å². The van der Waals surface area contributed by atoms with Crippen molar-refractivity contribution in [3.8, 4) is 0 Å². The van der Waals surface area contributed by atoms with Crippen LogP contribution in [0.25, 0.3) is 0 Å². The van der Waals surface area contributed by atoms with E-state index in [-0.39, 0.29) is 0 Å². The minimum Gasteiger partial charge on any atom is -0.377 e. The van der Waals surface area contributed by atoms with Crippen LogP contribution in [0.3, 0.4) is 0 Å². The number of ether oxygens (including phenoxy) is 1. The third-order valence-electron chi connectivity index (χ3n) is 2.32. The third kappa shape index (κ3) is 3.56. The summed E-state index contributed by atoms with van der Waals surface area (Å²) in [4.78, 5) is 2.36. The van der Waals surface area contributed by atoms with Crippen molar-refractivity contribution < 1.29 is 4.74 Å². The lowest BCUT2D eigenvalue weighted by molar-refractivity contribution is -0.0968. The maximum Gasteiger partial charge on any atom is 0.0782 e. The predicted molar refractivity (Wildman–Crippen MR) is 61.7 cm³/mol. The molecule has 2 fully saturated rings. The Morgan fingerprint density at radius 3 is 2.00 bits per heavy atom. The Balaban J connectivity index is 0.000000379. The summed E-state index contributed by atoms with van der Waals surface area (Å²) >= 11 is 0. The van der Waals surface area contributed by atoms with Crippen LogP contribution in [0.2, 0.25) is 0 Å². The Hall–Kier alpha value is -0.120. The second-order valence-corrected chi connectivity index (χ2v) is 3.44. The third-order valence-corrected chi connectivity index (χ3v) is 2.32. The Bertz CT molecular complexity index is 135. The topological polar surface area (TPSA) is 24.5 Å². The average Bonchev–Trinajstić information content (AvgIpc) is 2.22. The summed E-state index contributed by atoms with van der Waals surface area (Å²) in [5.41, 5.74) is 0.326. The van der Waals surface area contributed by atoms with Crippen LogP contribution in [0.15, 0.2) is 0 Å². The van der Waals surface area contributed by atoms with Gasteiger partial charge >= 0.3 is 0 Å². The summed E-state index contributed by atoms with van der Waals surface area (Å²) in [6.07, 6.45) is 0. The van der Waals surface area contributed by atoms with Gasteiger partial charge in [-0.2, -0.15) is 0 Å². The molecule has 86 valence electrons. The fourth-order valence-corrected chi connectivity index (χ4v) is 1.71. The fraction of sp³-hybridized carbons (Fsp3) is 1.00. The van der Waals surface area contributed by atoms with Crippen molar-refractivity contribution in [1.29, 1.82) is 0 Å². The molecule has 3 nitrogen and oxygen atoms in total. The normalized spacial score (nSPS) is 23.8. The van der Waals surface area contributed by atoms with Gasteiger partial charge in [0.05, 0.1) is 18.8 Å². The first-order chi connectivity index (χ1) is 6.81. The molecule has 0 atom stereocenters. The van der Waals surface area contributed by atoms with Crippen molar-refractivity contribution in [2.75, 3.05) is 39.9 Å². The first-order valence-electron chi connectivity index (χ1n) is 5.82. The van der Waals surface area contributed by atoms with Gasteiger partial charge in [-0.3, -0.25) is 0 Å². The SMILES string of the molecule is CC.CC.CN1CCNC2(COC2)C1. The zero-order valence-corrected chi connectivity index (χ0v) is 10.4. The Morgan fingerprint density at radius 2 is 1.71 bits per heavy atom. The van der Waals surface area contributed by atoms with Crippen molar-refractivity contribution in [2.45, 2.75) is 33.2 Å². The maximum atomic E-state index is 5.17. The van der Waals surface area contributed by atoms with Crippen molar-refractivity contribution in [1.82, 2.24) is 10.2 Å². The quantitative estimate of drug-likeness (QED) is 0.641. The Labute approximate surface area is 88.8 Å². The molecule has 2 heterocycles. The molecule has 2 aliphatic heterocycles. The summed E-state index contributed by atoms with van der Waals surface area (Å²) in [5.74, 6) is 0. The molecule has 0 amide bonds. The molecule has 0 saturated carbocycles. The van der Waals surface area contributed by atoms with Crippen LogP contribution in [0.1, 0.15) is 27.7 Å². The molecule has 2 rings (SSSR count). The van der Waals surface area contributed by atoms with E-state index >= 15 is 0 Å². The predicted octanol–water partition coefficient (Wildman–Crippen LogP) is 1.34. The molecule has 0 radical (unpaired) electrons. The van der Waals surface area contributed by atoms with Gasteiger partial charge in [-0.1, -0.05) is 27.7 Å². The van der Waals surface area contributed by atoms with E-state index in [0.717, 1.165) is 26.3 Å². The molecule has 0 unspecified atom stereocenters. The Morgan fingerprint density at radius 1 is 1.14 bits per heavy atom. The van der Waals surface area contributed by atoms with E-state index in [1.54, 1.807) is 0 Å². The van der Waals surface area contributed by atoms with Gasteiger partial charge in [0, 0.05) is 19.6 Å². The second-order valence-electron chi connectivity index (χ2n) is 3.44. The van der Waals surface area contributed by atoms with Crippen molar-refractivity contribution >= 4 is 0 Å². The number of rotatable bonds is 0. The lowest BCUT2D eigenvalue weighted by atomic mass is 9.95. The number of likely N-dealkylation sites (N-methyl/N-ethyl adjacent to an activating group) is 1. The largest absolute Gasteiger partial charge is 0.377 e. The summed E-state index contributed by atoms with van der Waals surface area (Å²) in [6, 6.07) is 0. The molecular formula is C11H26N2O. The van der Waals surface area contributed by atoms with E-state index in [1.807, 2.05) is 27.7 Å². The Kier molecular flexibility index (Phi) is 7.15. The van der Waals surface area contributed by atoms with Crippen LogP contribution < -0.4 is 5.32 Å². The molecule has 0 bridgehead atoms. The fourth-order valence-electron chi connectivity index (χ4n) is 1.71. The van der Waals surface area contributed by atoms with E-state index in [2.05, 4.69) is 17.3 Å². The lowest BCUT2D eigenvalue weighted by Gasteiger charge is -2.47. The van der Waals surface area contributed by atoms with Gasteiger partial charge in [0.1, 0.15) is 0 Å². The minimum atomic E-state index is 0.326. The summed E-state index contributed by atoms with van der Waals surface area (Å²) < 4.78 is 5.17. The number of nitrogens with one attached hydrogen (secondary N) is 1. The molecule has 3 heteroatoms. The molecular weight excluding hydrogens is 176 g/mol. The molecule has 1 spiro atoms. The molecule has 0 aliphatic carbocycles. The average molecular weight is 202 g/mol. The molecule has 2 saturated heterocycles. The van der Waals surface area contributed by atoms with E-state index < -0.39 is 0 Å². The van der Waals surface area contributed by atoms with Crippen LogP contribution in [0.4, 0.5) is 0 Å². The molecule has 0 aromatic carbocycles. The number of hydrogen-bond acceptors (Lipinski definition) is 3. The smallest absolute Gasteiger partial charge is 0.0782 e. The highest BCUT2D eigenvalue weighted by Gasteiger charge is 2.40. The van der Waals surface area contributed by atoms with Crippen molar-refractivity contribution in [2.24, 2.45) is 0 Å². The number of hydrogen-bond donors (Lipinski definition) is 1. The minimum absolute atomic E-state index is 0.326. The molecule has 0 aromatic heterocycles. The van der Waals surface area contributed by atoms with Gasteiger partial charge in [0.2, 0.25) is 0 Å². The summed E-state index contributed by atoms with van der Waals surface area (Å²) in [6.45, 7) is 13.2. The van der Waals surface area contributed by atoms with E-state index in [9.17, 15) is 0 Å². The van der Waals surface area contributed by atoms with Gasteiger partial charge in [-0.15, -0.1) is 0 Å². The van der Waals surface area contributed by atoms with Crippen LogP contribution >= 0.6 is 0 Å². The van der Waals surface area contributed by atoms with Crippen molar-refractivity contribution in [3.63, 3.8) is 0 Å². The lowest BCUT2D eigenvalue weighted by Crippen LogP contribution is -2.69. The van der Waals surface area contributed by atoms with E-state index in [4.69, 9.17) is 4.74 Å². The first-order valence-corrected chi connectivity index (χ1v) is 5.82. The molecule has 1 N–H and O–H groups in total. The van der Waals surface area contributed by atoms with Gasteiger partial charge < -0.3 is 15.0 Å². The van der Waals surface area contributed by atoms with Crippen molar-refractivity contribution in [3.05, 3.63) is 0 Å². The molecule has 14 heavy (non-hydrogen) atoms. The second kappa shape index (κ2) is 7.21. The standard InChI is InChI=1S/C7H14N2O.2C2H6/c1-9-3-2-8-7(4-9)5-10-6-7;2*1-2/h8H,2-6H2,1H3;2*1-2H3. The summed E-state index contributed by atoms with van der Waals surface area (Å²) in [5, 5.41) is 3.50. The molecule has 2 aliphatic rings. The number of nitrogens with zero attached hydrogens (tertiary/aromatic N) is 1. The summed E-state index contributed by atoms with van der Waals surface area (Å²) in [7, 11) is 2.17. The van der Waals surface area contributed by atoms with Gasteiger partial charge in [-0.25, -0.2) is 0 Å². The number of piperazine rings is 1. The zero-order chi connectivity index (χ0) is 11.0. The van der Waals surface area contributed by atoms with Gasteiger partial charge in [-0.05, 0) is 7.05 Å². The van der Waals surface area contributed by atoms with E-state index in [1.165, 1.54) is 6.54 Å². The monoisotopic (exact) mass is 202 g/mol. The highest BCUT2D eigenvalue weighted by molar-refractivity contribution is 4.99. The first kappa shape index (κ1) is 13.9. The van der Waals surface area contributed by atoms with Crippen LogP contribution in [-0.2, 0) is 4.74 Å². The van der Waals surface area contributed by atoms with Gasteiger partial charge in [0.25, 0.3) is 0 Å². The highest BCUT2D eigenvalue weighted by atomic mass is 16.5. The maximum absolute atomic E-state index is 5.17. The highest BCUT2D eigenvalue weighted by Crippen LogP contribution is 2.19. The van der Waals surface area contributed by atoms with Crippen LogP contribution in [0, 0.1) is 0 Å². The zero-order valence-electron chi connectivity index (χ0n) is 10.4. The van der Waals surface area contributed by atoms with Crippen LogP contribution in [-0.4, -0.2) is 50.3 Å². The molecule has 0 aromatic rings. The van der Waals surface area contributed by atoms with Gasteiger partial charge in [0.15, 0.2) is 0 Å².